The molecule has 0 aromatic heterocycles. The lowest BCUT2D eigenvalue weighted by Gasteiger charge is -2.08. The van der Waals surface area contributed by atoms with E-state index in [1.807, 2.05) is 0 Å². The fourth-order valence-corrected chi connectivity index (χ4v) is 1.51. The maximum atomic E-state index is 13.3. The summed E-state index contributed by atoms with van der Waals surface area (Å²) in [4.78, 5) is 32.8. The summed E-state index contributed by atoms with van der Waals surface area (Å²) in [6, 6.07) is 4.21. The van der Waals surface area contributed by atoms with Gasteiger partial charge in [-0.05, 0) is 12.0 Å². The van der Waals surface area contributed by atoms with Gasteiger partial charge in [-0.3, -0.25) is 14.4 Å². The number of ketones is 2. The summed E-state index contributed by atoms with van der Waals surface area (Å²) in [5, 5.41) is 8.65. The highest BCUT2D eigenvalue weighted by atomic mass is 19.1. The van der Waals surface area contributed by atoms with Gasteiger partial charge in [-0.2, -0.15) is 0 Å². The van der Waals surface area contributed by atoms with E-state index >= 15 is 0 Å². The van der Waals surface area contributed by atoms with Crippen molar-refractivity contribution in [1.82, 2.24) is 0 Å². The third-order valence-electron chi connectivity index (χ3n) is 2.66. The van der Waals surface area contributed by atoms with Crippen LogP contribution in [0.5, 0.6) is 0 Å². The number of rotatable bonds is 7. The molecule has 2 unspecified atom stereocenters. The molecule has 0 fully saturated rings. The molecular formula is C13H13F2NO4. The molecule has 0 heterocycles. The van der Waals surface area contributed by atoms with E-state index in [1.165, 1.54) is 24.3 Å². The first kappa shape index (κ1) is 15.9. The second kappa shape index (κ2) is 6.85. The Balaban J connectivity index is 2.78. The molecule has 0 aliphatic rings. The topological polar surface area (TPSA) is 97.5 Å². The lowest BCUT2D eigenvalue weighted by Crippen LogP contribution is -2.32. The summed E-state index contributed by atoms with van der Waals surface area (Å²) < 4.78 is 25.2. The van der Waals surface area contributed by atoms with Gasteiger partial charge in [0.15, 0.2) is 6.67 Å². The van der Waals surface area contributed by atoms with Gasteiger partial charge in [-0.1, -0.05) is 24.3 Å². The third-order valence-corrected chi connectivity index (χ3v) is 2.66. The first-order valence-corrected chi connectivity index (χ1v) is 5.71. The average molecular weight is 285 g/mol. The number of alkyl halides is 2. The quantitative estimate of drug-likeness (QED) is 0.567. The van der Waals surface area contributed by atoms with Gasteiger partial charge in [0, 0.05) is 5.56 Å². The standard InChI is InChI=1S/C13H13F2NO4/c14-6-10(17)11(15)12(18)8-3-1-7(2-4-8)5-9(16)13(19)20/h1-4,9,11H,5-6,16H2,(H,19,20). The molecule has 0 aliphatic carbocycles. The highest BCUT2D eigenvalue weighted by Crippen LogP contribution is 2.11. The van der Waals surface area contributed by atoms with Crippen molar-refractivity contribution in [2.24, 2.45) is 5.73 Å². The zero-order valence-electron chi connectivity index (χ0n) is 10.4. The van der Waals surface area contributed by atoms with Gasteiger partial charge in [0.25, 0.3) is 0 Å². The van der Waals surface area contributed by atoms with Crippen molar-refractivity contribution in [1.29, 1.82) is 0 Å². The number of aliphatic carboxylic acids is 1. The first-order chi connectivity index (χ1) is 9.36. The van der Waals surface area contributed by atoms with Crippen LogP contribution in [0, 0.1) is 0 Å². The Bertz CT molecular complexity index is 516. The monoisotopic (exact) mass is 285 g/mol. The Morgan fingerprint density at radius 1 is 1.20 bits per heavy atom. The number of carbonyl (C=O) groups is 3. The van der Waals surface area contributed by atoms with Crippen LogP contribution in [0.15, 0.2) is 24.3 Å². The molecule has 1 aromatic rings. The number of halogens is 2. The molecule has 108 valence electrons. The Kier molecular flexibility index (Phi) is 5.45. The first-order valence-electron chi connectivity index (χ1n) is 5.71. The van der Waals surface area contributed by atoms with Gasteiger partial charge in [0.05, 0.1) is 0 Å². The second-order valence-electron chi connectivity index (χ2n) is 4.17. The molecule has 20 heavy (non-hydrogen) atoms. The van der Waals surface area contributed by atoms with E-state index in [0.29, 0.717) is 5.56 Å². The lowest BCUT2D eigenvalue weighted by molar-refractivity contribution is -0.138. The van der Waals surface area contributed by atoms with E-state index in [9.17, 15) is 23.2 Å². The van der Waals surface area contributed by atoms with E-state index in [0.717, 1.165) is 0 Å². The minimum Gasteiger partial charge on any atom is -0.480 e. The molecule has 3 N–H and O–H groups in total. The Hall–Kier alpha value is -2.15. The summed E-state index contributed by atoms with van der Waals surface area (Å²) in [5.74, 6) is -3.71. The maximum Gasteiger partial charge on any atom is 0.320 e. The maximum absolute atomic E-state index is 13.3. The molecule has 0 radical (unpaired) electrons. The fourth-order valence-electron chi connectivity index (χ4n) is 1.51. The predicted octanol–water partition coefficient (Wildman–Crippen LogP) is 0.700. The smallest absolute Gasteiger partial charge is 0.320 e. The number of Topliss-reactive ketones (excluding diaryl/α,β-unsaturated/α-hetero) is 2. The van der Waals surface area contributed by atoms with E-state index in [-0.39, 0.29) is 12.0 Å². The number of carboxylic acids is 1. The molecule has 7 heteroatoms. The van der Waals surface area contributed by atoms with Crippen LogP contribution in [0.2, 0.25) is 0 Å². The summed E-state index contributed by atoms with van der Waals surface area (Å²) in [6.45, 7) is -1.54. The van der Waals surface area contributed by atoms with E-state index in [1.54, 1.807) is 0 Å². The number of hydrogen-bond donors (Lipinski definition) is 2. The summed E-state index contributed by atoms with van der Waals surface area (Å²) in [7, 11) is 0. The molecular weight excluding hydrogens is 272 g/mol. The van der Waals surface area contributed by atoms with Crippen molar-refractivity contribution in [2.75, 3.05) is 6.67 Å². The highest BCUT2D eigenvalue weighted by molar-refractivity contribution is 6.13. The van der Waals surface area contributed by atoms with Gasteiger partial charge < -0.3 is 10.8 Å². The minimum atomic E-state index is -2.52. The van der Waals surface area contributed by atoms with Crippen LogP contribution in [0.25, 0.3) is 0 Å². The van der Waals surface area contributed by atoms with Crippen LogP contribution >= 0.6 is 0 Å². The number of carbonyl (C=O) groups excluding carboxylic acids is 2. The molecule has 0 amide bonds. The summed E-state index contributed by atoms with van der Waals surface area (Å²) >= 11 is 0. The molecule has 0 saturated heterocycles. The molecule has 1 aromatic carbocycles. The number of benzene rings is 1. The van der Waals surface area contributed by atoms with Gasteiger partial charge in [-0.25, -0.2) is 8.78 Å². The Labute approximate surface area is 113 Å². The van der Waals surface area contributed by atoms with Crippen molar-refractivity contribution in [3.63, 3.8) is 0 Å². The van der Waals surface area contributed by atoms with Gasteiger partial charge in [0.1, 0.15) is 6.04 Å². The van der Waals surface area contributed by atoms with Crippen molar-refractivity contribution in [3.8, 4) is 0 Å². The lowest BCUT2D eigenvalue weighted by atomic mass is 10.0. The number of nitrogens with two attached hydrogens (primary N) is 1. The normalized spacial score (nSPS) is 13.6. The second-order valence-corrected chi connectivity index (χ2v) is 4.17. The van der Waals surface area contributed by atoms with Crippen molar-refractivity contribution in [3.05, 3.63) is 35.4 Å². The largest absolute Gasteiger partial charge is 0.480 e. The van der Waals surface area contributed by atoms with Crippen LogP contribution in [0.1, 0.15) is 15.9 Å². The van der Waals surface area contributed by atoms with Crippen LogP contribution in [0.3, 0.4) is 0 Å². The van der Waals surface area contributed by atoms with Gasteiger partial charge in [-0.15, -0.1) is 0 Å². The van der Waals surface area contributed by atoms with Gasteiger partial charge in [0.2, 0.25) is 17.7 Å². The zero-order valence-corrected chi connectivity index (χ0v) is 10.4. The van der Waals surface area contributed by atoms with Gasteiger partial charge >= 0.3 is 5.97 Å². The fraction of sp³-hybridized carbons (Fsp3) is 0.308. The molecule has 0 saturated carbocycles. The molecule has 1 rings (SSSR count). The molecule has 2 atom stereocenters. The summed E-state index contributed by atoms with van der Waals surface area (Å²) in [6.07, 6.45) is -2.47. The van der Waals surface area contributed by atoms with Crippen LogP contribution in [0.4, 0.5) is 8.78 Å². The molecule has 0 spiro atoms. The Morgan fingerprint density at radius 3 is 2.20 bits per heavy atom. The van der Waals surface area contributed by atoms with Crippen molar-refractivity contribution < 1.29 is 28.3 Å². The minimum absolute atomic E-state index is 0.0479. The van der Waals surface area contributed by atoms with Crippen molar-refractivity contribution >= 4 is 17.5 Å². The number of carboxylic acid groups (broad SMARTS) is 1. The van der Waals surface area contributed by atoms with E-state index < -0.39 is 36.4 Å². The molecule has 5 nitrogen and oxygen atoms in total. The van der Waals surface area contributed by atoms with Crippen molar-refractivity contribution in [2.45, 2.75) is 18.6 Å². The predicted molar refractivity (Wildman–Crippen MR) is 66.0 cm³/mol. The van der Waals surface area contributed by atoms with Crippen LogP contribution in [-0.4, -0.2) is 41.5 Å². The molecule has 0 bridgehead atoms. The van der Waals surface area contributed by atoms with E-state index in [4.69, 9.17) is 10.8 Å². The molecule has 0 aliphatic heterocycles. The number of hydrogen-bond acceptors (Lipinski definition) is 4. The third kappa shape index (κ3) is 3.92. The summed E-state index contributed by atoms with van der Waals surface area (Å²) in [5.41, 5.74) is 5.79. The zero-order chi connectivity index (χ0) is 15.3. The Morgan fingerprint density at radius 2 is 1.75 bits per heavy atom. The van der Waals surface area contributed by atoms with Crippen LogP contribution < -0.4 is 5.73 Å². The SMILES string of the molecule is NC(Cc1ccc(C(=O)C(F)C(=O)CF)cc1)C(=O)O. The highest BCUT2D eigenvalue weighted by Gasteiger charge is 2.26. The van der Waals surface area contributed by atoms with Crippen LogP contribution in [-0.2, 0) is 16.0 Å². The average Bonchev–Trinajstić information content (AvgIpc) is 2.45. The van der Waals surface area contributed by atoms with E-state index in [2.05, 4.69) is 0 Å².